The fourth-order valence-electron chi connectivity index (χ4n) is 4.58. The van der Waals surface area contributed by atoms with E-state index in [9.17, 15) is 4.79 Å². The summed E-state index contributed by atoms with van der Waals surface area (Å²) in [5, 5.41) is 3.13. The van der Waals surface area contributed by atoms with Crippen LogP contribution in [0.2, 0.25) is 0 Å². The number of nitrogens with one attached hydrogen (secondary N) is 1. The van der Waals surface area contributed by atoms with Gasteiger partial charge in [-0.25, -0.2) is 0 Å². The van der Waals surface area contributed by atoms with E-state index in [1.165, 1.54) is 5.56 Å². The van der Waals surface area contributed by atoms with E-state index in [1.54, 1.807) is 0 Å². The van der Waals surface area contributed by atoms with Crippen LogP contribution in [-0.2, 0) is 4.79 Å². The minimum Gasteiger partial charge on any atom is -0.326 e. The molecule has 3 saturated carbocycles. The molecule has 3 aliphatic carbocycles. The Morgan fingerprint density at radius 3 is 2.27 bits per heavy atom. The maximum atomic E-state index is 13.1. The number of carbonyl (C=O) groups excluding carboxylic acids is 1. The molecular weight excluding hydrogens is 474 g/mol. The Labute approximate surface area is 157 Å². The van der Waals surface area contributed by atoms with Crippen LogP contribution in [0.3, 0.4) is 0 Å². The molecule has 4 rings (SSSR count). The fraction of sp³-hybridized carbons (Fsp3) is 0.588. The van der Waals surface area contributed by atoms with Crippen molar-refractivity contribution in [2.75, 3.05) is 5.32 Å². The lowest BCUT2D eigenvalue weighted by Gasteiger charge is -2.66. The highest BCUT2D eigenvalue weighted by molar-refractivity contribution is 9.24. The number of alkyl halides is 3. The van der Waals surface area contributed by atoms with Crippen LogP contribution in [0.1, 0.15) is 32.3 Å². The number of hydrogen-bond acceptors (Lipinski definition) is 1. The van der Waals surface area contributed by atoms with E-state index in [0.717, 1.165) is 18.5 Å². The van der Waals surface area contributed by atoms with Gasteiger partial charge in [0.15, 0.2) is 0 Å². The van der Waals surface area contributed by atoms with E-state index < -0.39 is 0 Å². The second kappa shape index (κ2) is 5.32. The zero-order valence-electron chi connectivity index (χ0n) is 12.9. The third-order valence-electron chi connectivity index (χ3n) is 6.20. The second-order valence-electron chi connectivity index (χ2n) is 7.12. The molecule has 0 heterocycles. The number of halogens is 3. The Kier molecular flexibility index (Phi) is 4.10. The monoisotopic (exact) mass is 491 g/mol. The Balaban J connectivity index is 1.89. The summed E-state index contributed by atoms with van der Waals surface area (Å²) < 4.78 is 0.203. The van der Waals surface area contributed by atoms with Crippen molar-refractivity contribution >= 4 is 59.4 Å². The van der Waals surface area contributed by atoms with Gasteiger partial charge < -0.3 is 5.32 Å². The van der Waals surface area contributed by atoms with E-state index >= 15 is 0 Å². The lowest BCUT2D eigenvalue weighted by atomic mass is 9.43. The molecule has 1 aromatic carbocycles. The van der Waals surface area contributed by atoms with E-state index in [4.69, 9.17) is 0 Å². The van der Waals surface area contributed by atoms with Gasteiger partial charge in [0, 0.05) is 15.9 Å². The first-order chi connectivity index (χ1) is 10.2. The molecule has 0 unspecified atom stereocenters. The molecule has 2 bridgehead atoms. The summed E-state index contributed by atoms with van der Waals surface area (Å²) in [4.78, 5) is 13.3. The number of hydrogen-bond donors (Lipinski definition) is 1. The number of amides is 1. The van der Waals surface area contributed by atoms with E-state index in [2.05, 4.69) is 67.0 Å². The van der Waals surface area contributed by atoms with Crippen molar-refractivity contribution in [2.24, 2.45) is 16.2 Å². The van der Waals surface area contributed by atoms with Gasteiger partial charge in [0.25, 0.3) is 0 Å². The number of benzene rings is 1. The summed E-state index contributed by atoms with van der Waals surface area (Å²) in [5.74, 6) is 0.136. The molecule has 3 aliphatic rings. The molecule has 1 aromatic rings. The number of rotatable bonds is 3. The average molecular weight is 494 g/mol. The van der Waals surface area contributed by atoms with Crippen LogP contribution in [0.15, 0.2) is 24.3 Å². The Hall–Kier alpha value is 0.130. The fourth-order valence-corrected chi connectivity index (χ4v) is 9.49. The van der Waals surface area contributed by atoms with Crippen LogP contribution >= 0.6 is 47.8 Å². The molecule has 0 saturated heterocycles. The SMILES string of the molecule is Cc1ccc(NC(=O)[C@@]23CC[C@](C(Br)Br)([C@@H]2Br)C3(C)C)cc1. The first-order valence-corrected chi connectivity index (χ1v) is 10.3. The number of anilines is 1. The predicted octanol–water partition coefficient (Wildman–Crippen LogP) is 5.62. The van der Waals surface area contributed by atoms with Crippen molar-refractivity contribution in [3.63, 3.8) is 0 Å². The molecule has 1 N–H and O–H groups in total. The van der Waals surface area contributed by atoms with Gasteiger partial charge in [0.1, 0.15) is 0 Å². The van der Waals surface area contributed by atoms with Gasteiger partial charge in [-0.1, -0.05) is 79.3 Å². The molecule has 0 radical (unpaired) electrons. The molecule has 0 aliphatic heterocycles. The van der Waals surface area contributed by atoms with Gasteiger partial charge in [-0.2, -0.15) is 0 Å². The normalized spacial score (nSPS) is 35.3. The van der Waals surface area contributed by atoms with Crippen molar-refractivity contribution in [3.05, 3.63) is 29.8 Å². The van der Waals surface area contributed by atoms with Crippen molar-refractivity contribution in [1.29, 1.82) is 0 Å². The third-order valence-corrected chi connectivity index (χ3v) is 9.43. The number of carbonyl (C=O) groups is 1. The molecule has 120 valence electrons. The second-order valence-corrected chi connectivity index (χ2v) is 11.1. The molecule has 3 fully saturated rings. The van der Waals surface area contributed by atoms with E-state index in [1.807, 2.05) is 31.2 Å². The van der Waals surface area contributed by atoms with Crippen molar-refractivity contribution in [1.82, 2.24) is 0 Å². The zero-order valence-corrected chi connectivity index (χ0v) is 17.7. The Morgan fingerprint density at radius 1 is 1.23 bits per heavy atom. The topological polar surface area (TPSA) is 29.1 Å². The van der Waals surface area contributed by atoms with Crippen LogP contribution in [0, 0.1) is 23.2 Å². The highest BCUT2D eigenvalue weighted by atomic mass is 79.9. The van der Waals surface area contributed by atoms with Crippen LogP contribution in [0.4, 0.5) is 5.69 Å². The lowest BCUT2D eigenvalue weighted by molar-refractivity contribution is -0.155. The first kappa shape index (κ1) is 17.0. The zero-order chi connectivity index (χ0) is 16.3. The summed E-state index contributed by atoms with van der Waals surface area (Å²) >= 11 is 11.3. The van der Waals surface area contributed by atoms with E-state index in [-0.39, 0.29) is 30.7 Å². The quantitative estimate of drug-likeness (QED) is 0.544. The molecule has 5 heteroatoms. The summed E-state index contributed by atoms with van der Waals surface area (Å²) in [6.07, 6.45) is 1.96. The summed E-state index contributed by atoms with van der Waals surface area (Å²) in [7, 11) is 0. The van der Waals surface area contributed by atoms with Crippen LogP contribution in [0.25, 0.3) is 0 Å². The number of aryl methyl sites for hydroxylation is 1. The summed E-state index contributed by atoms with van der Waals surface area (Å²) in [6, 6.07) is 7.99. The predicted molar refractivity (Wildman–Crippen MR) is 102 cm³/mol. The molecular formula is C17H20Br3NO. The van der Waals surface area contributed by atoms with E-state index in [0.29, 0.717) is 0 Å². The maximum Gasteiger partial charge on any atom is 0.232 e. The third kappa shape index (κ3) is 1.85. The van der Waals surface area contributed by atoms with Crippen LogP contribution in [-0.4, -0.2) is 14.5 Å². The summed E-state index contributed by atoms with van der Waals surface area (Å²) in [5.41, 5.74) is 1.72. The van der Waals surface area contributed by atoms with Crippen molar-refractivity contribution < 1.29 is 4.79 Å². The number of fused-ring (bicyclic) bond motifs is 1. The smallest absolute Gasteiger partial charge is 0.232 e. The van der Waals surface area contributed by atoms with Gasteiger partial charge >= 0.3 is 0 Å². The van der Waals surface area contributed by atoms with Gasteiger partial charge in [0.05, 0.1) is 9.15 Å². The molecule has 3 atom stereocenters. The Bertz CT molecular complexity index is 613. The highest BCUT2D eigenvalue weighted by Crippen LogP contribution is 2.82. The van der Waals surface area contributed by atoms with Gasteiger partial charge in [-0.3, -0.25) is 4.79 Å². The molecule has 0 spiro atoms. The minimum atomic E-state index is -0.350. The van der Waals surface area contributed by atoms with Crippen molar-refractivity contribution in [3.8, 4) is 0 Å². The standard InChI is InChI=1S/C17H20Br3NO/c1-10-4-6-11(7-5-10)21-14(22)17-9-8-16(12(17)18,13(19)20)15(17,2)3/h4-7,12-13H,8-9H2,1-3H3,(H,21,22)/t12-,16+,17+/m0/s1. The summed E-state index contributed by atoms with van der Waals surface area (Å²) in [6.45, 7) is 6.50. The highest BCUT2D eigenvalue weighted by Gasteiger charge is 2.83. The molecule has 22 heavy (non-hydrogen) atoms. The van der Waals surface area contributed by atoms with Crippen molar-refractivity contribution in [2.45, 2.75) is 42.2 Å². The lowest BCUT2D eigenvalue weighted by Crippen LogP contribution is -2.71. The average Bonchev–Trinajstić information content (AvgIpc) is 2.91. The van der Waals surface area contributed by atoms with Crippen LogP contribution < -0.4 is 5.32 Å². The molecule has 0 aromatic heterocycles. The van der Waals surface area contributed by atoms with Crippen LogP contribution in [0.5, 0.6) is 0 Å². The first-order valence-electron chi connectivity index (χ1n) is 7.50. The van der Waals surface area contributed by atoms with Gasteiger partial charge in [0.2, 0.25) is 5.91 Å². The largest absolute Gasteiger partial charge is 0.326 e. The maximum absolute atomic E-state index is 13.1. The molecule has 1 amide bonds. The minimum absolute atomic E-state index is 0.0671. The van der Waals surface area contributed by atoms with Gasteiger partial charge in [-0.05, 0) is 37.3 Å². The van der Waals surface area contributed by atoms with Gasteiger partial charge in [-0.15, -0.1) is 0 Å². The molecule has 2 nitrogen and oxygen atoms in total. The Morgan fingerprint density at radius 2 is 1.82 bits per heavy atom.